The zero-order valence-electron chi connectivity index (χ0n) is 26.3. The van der Waals surface area contributed by atoms with Gasteiger partial charge in [0.15, 0.2) is 5.82 Å². The molecule has 0 radical (unpaired) electrons. The molecule has 13 heteroatoms. The van der Waals surface area contributed by atoms with Crippen molar-refractivity contribution in [1.82, 2.24) is 14.5 Å². The second-order valence-corrected chi connectivity index (χ2v) is 13.1. The van der Waals surface area contributed by atoms with Gasteiger partial charge in [-0.25, -0.2) is 9.78 Å². The molecule has 1 fully saturated rings. The molecule has 0 unspecified atom stereocenters. The number of aromatic nitrogens is 2. The molecule has 6 rings (SSSR count). The molecule has 1 saturated heterocycles. The number of aryl methyl sites for hydroxylation is 3. The largest absolute Gasteiger partial charge is 0.446 e. The fourth-order valence-electron chi connectivity index (χ4n) is 6.14. The lowest BCUT2D eigenvalue weighted by Gasteiger charge is -2.31. The molecular formula is C34H37N7O5S. The highest BCUT2D eigenvalue weighted by molar-refractivity contribution is 7.14. The van der Waals surface area contributed by atoms with Gasteiger partial charge in [0.1, 0.15) is 6.10 Å². The summed E-state index contributed by atoms with van der Waals surface area (Å²) >= 11 is 1.57. The highest BCUT2D eigenvalue weighted by atomic mass is 32.1. The number of benzene rings is 2. The number of thiophene rings is 1. The number of fused-ring (bicyclic) bond motifs is 1. The van der Waals surface area contributed by atoms with Gasteiger partial charge in [0, 0.05) is 66.7 Å². The molecule has 3 amide bonds. The van der Waals surface area contributed by atoms with Gasteiger partial charge in [0.2, 0.25) is 0 Å². The van der Waals surface area contributed by atoms with Gasteiger partial charge in [-0.2, -0.15) is 0 Å². The monoisotopic (exact) mass is 655 g/mol. The molecule has 0 atom stereocenters. The molecule has 47 heavy (non-hydrogen) atoms. The molecule has 6 N–H and O–H groups in total. The number of nitrogen functional groups attached to an aromatic ring is 1. The fraction of sp³-hybridized carbons (Fsp3) is 0.324. The maximum Gasteiger partial charge on any atom is 0.404 e. The van der Waals surface area contributed by atoms with E-state index in [1.54, 1.807) is 47.7 Å². The molecule has 0 saturated carbocycles. The number of carbonyl (C=O) groups excluding carboxylic acids is 3. The SMILES string of the molecule is Cc1c(NC(=O)c2cc3c(s2)CCCC3)cccc1-c1cn(C)c(=O)c(Nc2ccc(C(=O)N3CCC(OC(N)=O)CC3)c(N)c2)n1. The number of hydrogen-bond acceptors (Lipinski definition) is 9. The topological polar surface area (TPSA) is 175 Å². The van der Waals surface area contributed by atoms with Crippen LogP contribution in [0.15, 0.2) is 53.5 Å². The van der Waals surface area contributed by atoms with Crippen molar-refractivity contribution in [2.24, 2.45) is 12.8 Å². The molecule has 1 aliphatic carbocycles. The number of ether oxygens (including phenoxy) is 1. The number of hydrogen-bond donors (Lipinski definition) is 4. The van der Waals surface area contributed by atoms with Gasteiger partial charge in [-0.1, -0.05) is 12.1 Å². The lowest BCUT2D eigenvalue weighted by molar-refractivity contribution is 0.0455. The van der Waals surface area contributed by atoms with Crippen LogP contribution in [0, 0.1) is 6.92 Å². The van der Waals surface area contributed by atoms with E-state index < -0.39 is 6.09 Å². The Hall–Kier alpha value is -5.17. The third-order valence-corrected chi connectivity index (χ3v) is 9.94. The Morgan fingerprint density at radius 2 is 1.83 bits per heavy atom. The van der Waals surface area contributed by atoms with Crippen LogP contribution in [0.1, 0.15) is 61.7 Å². The number of nitrogens with one attached hydrogen (secondary N) is 2. The average Bonchev–Trinajstić information content (AvgIpc) is 3.49. The molecule has 12 nitrogen and oxygen atoms in total. The van der Waals surface area contributed by atoms with Crippen molar-refractivity contribution in [3.63, 3.8) is 0 Å². The average molecular weight is 656 g/mol. The molecule has 2 aromatic carbocycles. The van der Waals surface area contributed by atoms with Crippen LogP contribution >= 0.6 is 11.3 Å². The van der Waals surface area contributed by atoms with Crippen LogP contribution in [0.5, 0.6) is 0 Å². The summed E-state index contributed by atoms with van der Waals surface area (Å²) in [5.41, 5.74) is 16.2. The lowest BCUT2D eigenvalue weighted by atomic mass is 9.99. The maximum absolute atomic E-state index is 13.2. The molecule has 2 aromatic heterocycles. The number of nitrogens with zero attached hydrogens (tertiary/aromatic N) is 3. The number of anilines is 4. The third-order valence-electron chi connectivity index (χ3n) is 8.71. The summed E-state index contributed by atoms with van der Waals surface area (Å²) in [5, 5.41) is 6.14. The van der Waals surface area contributed by atoms with Crippen molar-refractivity contribution in [3.05, 3.63) is 85.5 Å². The summed E-state index contributed by atoms with van der Waals surface area (Å²) in [6.07, 6.45) is 5.87. The maximum atomic E-state index is 13.2. The van der Waals surface area contributed by atoms with E-state index >= 15 is 0 Å². The summed E-state index contributed by atoms with van der Waals surface area (Å²) in [6, 6.07) is 12.5. The standard InChI is InChI=1S/C34H37N7O5S/c1-19-23(7-5-8-26(19)39-31(42)29-16-20-6-3-4-9-28(20)47-29)27-18-40(2)33(44)30(38-27)37-21-10-11-24(25(35)17-21)32(43)41-14-12-22(13-15-41)46-34(36)45/h5,7-8,10-11,16-18,22H,3-4,6,9,12-15,35H2,1-2H3,(H2,36,45)(H,37,38)(H,39,42). The number of amides is 3. The fourth-order valence-corrected chi connectivity index (χ4v) is 7.28. The van der Waals surface area contributed by atoms with Crippen LogP contribution in [-0.4, -0.2) is 51.6 Å². The molecular weight excluding hydrogens is 618 g/mol. The normalized spacial score (nSPS) is 14.7. The smallest absolute Gasteiger partial charge is 0.404 e. The Morgan fingerprint density at radius 1 is 1.06 bits per heavy atom. The second-order valence-electron chi connectivity index (χ2n) is 11.9. The van der Waals surface area contributed by atoms with Gasteiger partial charge in [-0.05, 0) is 74.1 Å². The van der Waals surface area contributed by atoms with E-state index in [1.165, 1.54) is 15.0 Å². The molecule has 244 valence electrons. The van der Waals surface area contributed by atoms with Crippen LogP contribution in [0.25, 0.3) is 11.3 Å². The Kier molecular flexibility index (Phi) is 8.99. The summed E-state index contributed by atoms with van der Waals surface area (Å²) in [5.74, 6) is -0.289. The van der Waals surface area contributed by atoms with Gasteiger partial charge >= 0.3 is 6.09 Å². The van der Waals surface area contributed by atoms with Gasteiger partial charge in [-0.3, -0.25) is 14.4 Å². The predicted octanol–water partition coefficient (Wildman–Crippen LogP) is 4.97. The highest BCUT2D eigenvalue weighted by Crippen LogP contribution is 2.32. The summed E-state index contributed by atoms with van der Waals surface area (Å²) in [6.45, 7) is 2.72. The molecule has 0 bridgehead atoms. The minimum Gasteiger partial charge on any atom is -0.446 e. The Balaban J connectivity index is 1.19. The summed E-state index contributed by atoms with van der Waals surface area (Å²) in [4.78, 5) is 58.8. The Bertz CT molecular complexity index is 1900. The highest BCUT2D eigenvalue weighted by Gasteiger charge is 2.26. The zero-order chi connectivity index (χ0) is 33.2. The van der Waals surface area contributed by atoms with Crippen molar-refractivity contribution < 1.29 is 19.1 Å². The van der Waals surface area contributed by atoms with Crippen molar-refractivity contribution in [3.8, 4) is 11.3 Å². The number of nitrogens with two attached hydrogens (primary N) is 2. The third kappa shape index (κ3) is 6.85. The minimum absolute atomic E-state index is 0.0815. The van der Waals surface area contributed by atoms with Gasteiger partial charge < -0.3 is 36.3 Å². The first kappa shape index (κ1) is 31.8. The summed E-state index contributed by atoms with van der Waals surface area (Å²) in [7, 11) is 1.64. The van der Waals surface area contributed by atoms with Crippen LogP contribution in [-0.2, 0) is 24.6 Å². The van der Waals surface area contributed by atoms with Crippen molar-refractivity contribution >= 4 is 52.1 Å². The van der Waals surface area contributed by atoms with Crippen molar-refractivity contribution in [2.75, 3.05) is 29.5 Å². The number of carbonyl (C=O) groups is 3. The second kappa shape index (κ2) is 13.3. The van der Waals surface area contributed by atoms with Gasteiger partial charge in [0.05, 0.1) is 16.1 Å². The van der Waals surface area contributed by atoms with Crippen LogP contribution in [0.3, 0.4) is 0 Å². The van der Waals surface area contributed by atoms with E-state index in [0.29, 0.717) is 53.4 Å². The van der Waals surface area contributed by atoms with E-state index in [9.17, 15) is 19.2 Å². The quantitative estimate of drug-likeness (QED) is 0.202. The number of primary amides is 1. The first-order valence-electron chi connectivity index (χ1n) is 15.6. The first-order valence-corrected chi connectivity index (χ1v) is 16.4. The first-order chi connectivity index (χ1) is 22.6. The van der Waals surface area contributed by atoms with E-state index in [2.05, 4.69) is 15.6 Å². The van der Waals surface area contributed by atoms with Crippen LogP contribution in [0.2, 0.25) is 0 Å². The lowest BCUT2D eigenvalue weighted by Crippen LogP contribution is -2.42. The van der Waals surface area contributed by atoms with Crippen LogP contribution in [0.4, 0.5) is 27.7 Å². The van der Waals surface area contributed by atoms with E-state index in [0.717, 1.165) is 36.8 Å². The van der Waals surface area contributed by atoms with Crippen molar-refractivity contribution in [2.45, 2.75) is 51.6 Å². The van der Waals surface area contributed by atoms with E-state index in [-0.39, 0.29) is 35.0 Å². The molecule has 3 heterocycles. The molecule has 1 aliphatic heterocycles. The van der Waals surface area contributed by atoms with Crippen LogP contribution < -0.4 is 27.7 Å². The predicted molar refractivity (Wildman–Crippen MR) is 182 cm³/mol. The van der Waals surface area contributed by atoms with Gasteiger partial charge in [-0.15, -0.1) is 11.3 Å². The molecule has 2 aliphatic rings. The molecule has 0 spiro atoms. The molecule has 4 aromatic rings. The summed E-state index contributed by atoms with van der Waals surface area (Å²) < 4.78 is 6.49. The Morgan fingerprint density at radius 3 is 2.55 bits per heavy atom. The number of piperidine rings is 1. The zero-order valence-corrected chi connectivity index (χ0v) is 27.1. The minimum atomic E-state index is -0.823. The number of rotatable bonds is 7. The Labute approximate surface area is 275 Å². The van der Waals surface area contributed by atoms with Gasteiger partial charge in [0.25, 0.3) is 17.4 Å². The number of likely N-dealkylation sites (tertiary alicyclic amines) is 1. The van der Waals surface area contributed by atoms with E-state index in [1.807, 2.05) is 31.2 Å². The van der Waals surface area contributed by atoms with E-state index in [4.69, 9.17) is 16.2 Å². The van der Waals surface area contributed by atoms with Crippen molar-refractivity contribution in [1.29, 1.82) is 0 Å².